The van der Waals surface area contributed by atoms with E-state index in [1.807, 2.05) is 13.8 Å². The number of primary amides is 1. The lowest BCUT2D eigenvalue weighted by molar-refractivity contribution is -0.136. The molecule has 2 rings (SSSR count). The molecule has 1 heterocycles. The average Bonchev–Trinajstić information content (AvgIpc) is 3.09. The van der Waals surface area contributed by atoms with E-state index in [0.717, 1.165) is 0 Å². The van der Waals surface area contributed by atoms with Crippen LogP contribution in [-0.4, -0.2) is 107 Å². The zero-order valence-electron chi connectivity index (χ0n) is 31.3. The number of rotatable bonds is 11. The van der Waals surface area contributed by atoms with E-state index in [4.69, 9.17) is 5.73 Å². The Balaban J connectivity index is 2.61. The van der Waals surface area contributed by atoms with Crippen molar-refractivity contribution in [2.75, 3.05) is 13.2 Å². The van der Waals surface area contributed by atoms with Gasteiger partial charge < -0.3 is 47.8 Å². The van der Waals surface area contributed by atoms with Gasteiger partial charge in [-0.2, -0.15) is 0 Å². The topological polar surface area (TPSA) is 271 Å². The molecular weight excluding hydrogens is 688 g/mol. The SMILES string of the molecule is CCC(C)C1NC(=O)C(CCC(N)=O)NC(=O)CNC(=O)C(Cc2ccc(O)cc2)N=CC(CC(C)C)NC(=O)C(C(C)C)NC(=O)C(CO)NC1=O. The van der Waals surface area contributed by atoms with Gasteiger partial charge in [0.05, 0.1) is 19.2 Å². The Bertz CT molecular complexity index is 1470. The maximum absolute atomic E-state index is 13.7. The molecule has 0 aromatic heterocycles. The predicted molar refractivity (Wildman–Crippen MR) is 196 cm³/mol. The average molecular weight is 745 g/mol. The highest BCUT2D eigenvalue weighted by atomic mass is 16.3. The van der Waals surface area contributed by atoms with Crippen LogP contribution in [0.4, 0.5) is 0 Å². The van der Waals surface area contributed by atoms with Gasteiger partial charge in [0.25, 0.3) is 0 Å². The van der Waals surface area contributed by atoms with Crippen molar-refractivity contribution in [3.63, 3.8) is 0 Å². The highest BCUT2D eigenvalue weighted by Gasteiger charge is 2.34. The molecule has 0 bridgehead atoms. The molecule has 0 aliphatic carbocycles. The van der Waals surface area contributed by atoms with Crippen LogP contribution < -0.4 is 37.6 Å². The number of amides is 7. The molecule has 10 N–H and O–H groups in total. The molecule has 294 valence electrons. The van der Waals surface area contributed by atoms with Crippen molar-refractivity contribution < 1.29 is 43.8 Å². The Hall–Kier alpha value is -5.06. The van der Waals surface area contributed by atoms with Gasteiger partial charge in [0.2, 0.25) is 41.4 Å². The summed E-state index contributed by atoms with van der Waals surface area (Å²) >= 11 is 0. The number of carbonyl (C=O) groups excluding carboxylic acids is 7. The Labute approximate surface area is 310 Å². The Morgan fingerprint density at radius 3 is 2.00 bits per heavy atom. The van der Waals surface area contributed by atoms with E-state index in [0.29, 0.717) is 18.4 Å². The van der Waals surface area contributed by atoms with Gasteiger partial charge in [-0.3, -0.25) is 38.6 Å². The molecule has 7 unspecified atom stereocenters. The van der Waals surface area contributed by atoms with Crippen LogP contribution in [0.2, 0.25) is 0 Å². The minimum Gasteiger partial charge on any atom is -0.508 e. The van der Waals surface area contributed by atoms with Crippen molar-refractivity contribution in [2.24, 2.45) is 28.5 Å². The second-order valence-corrected chi connectivity index (χ2v) is 14.1. The minimum atomic E-state index is -1.50. The van der Waals surface area contributed by atoms with Gasteiger partial charge in [-0.1, -0.05) is 60.1 Å². The van der Waals surface area contributed by atoms with E-state index in [9.17, 15) is 43.8 Å². The molecule has 17 heteroatoms. The number of benzene rings is 1. The number of aromatic hydroxyl groups is 1. The smallest absolute Gasteiger partial charge is 0.245 e. The van der Waals surface area contributed by atoms with Gasteiger partial charge >= 0.3 is 0 Å². The molecule has 0 saturated heterocycles. The van der Waals surface area contributed by atoms with Crippen LogP contribution in [0, 0.1) is 17.8 Å². The fraction of sp³-hybridized carbons (Fsp3) is 0.611. The molecule has 0 fully saturated rings. The number of phenolic OH excluding ortho intramolecular Hbond substituents is 1. The molecule has 7 atom stereocenters. The molecule has 7 amide bonds. The van der Waals surface area contributed by atoms with Gasteiger partial charge in [-0.15, -0.1) is 0 Å². The lowest BCUT2D eigenvalue weighted by atomic mass is 9.97. The molecule has 1 aliphatic heterocycles. The Kier molecular flexibility index (Phi) is 17.9. The van der Waals surface area contributed by atoms with E-state index < -0.39 is 103 Å². The van der Waals surface area contributed by atoms with Crippen molar-refractivity contribution in [2.45, 2.75) is 110 Å². The van der Waals surface area contributed by atoms with Crippen LogP contribution in [0.15, 0.2) is 29.3 Å². The summed E-state index contributed by atoms with van der Waals surface area (Å²) in [5.41, 5.74) is 5.96. The molecule has 0 spiro atoms. The summed E-state index contributed by atoms with van der Waals surface area (Å²) in [5, 5.41) is 35.4. The first-order chi connectivity index (χ1) is 24.9. The molecule has 1 aliphatic rings. The molecular formula is C36H56N8O9. The Morgan fingerprint density at radius 1 is 0.830 bits per heavy atom. The number of nitrogens with two attached hydrogens (primary N) is 1. The maximum atomic E-state index is 13.7. The first-order valence-corrected chi connectivity index (χ1v) is 17.9. The third-order valence-electron chi connectivity index (χ3n) is 8.78. The number of aliphatic hydroxyl groups excluding tert-OH is 1. The van der Waals surface area contributed by atoms with Crippen LogP contribution in [0.25, 0.3) is 0 Å². The number of phenols is 1. The summed E-state index contributed by atoms with van der Waals surface area (Å²) in [7, 11) is 0. The predicted octanol–water partition coefficient (Wildman–Crippen LogP) is -1.07. The molecule has 53 heavy (non-hydrogen) atoms. The third-order valence-corrected chi connectivity index (χ3v) is 8.78. The van der Waals surface area contributed by atoms with Gasteiger partial charge in [0, 0.05) is 19.1 Å². The number of hydrogen-bond donors (Lipinski definition) is 9. The fourth-order valence-corrected chi connectivity index (χ4v) is 5.50. The van der Waals surface area contributed by atoms with Crippen molar-refractivity contribution in [1.29, 1.82) is 0 Å². The molecule has 0 radical (unpaired) electrons. The van der Waals surface area contributed by atoms with Gasteiger partial charge in [0.15, 0.2) is 0 Å². The largest absolute Gasteiger partial charge is 0.508 e. The number of nitrogens with zero attached hydrogens (tertiary/aromatic N) is 1. The third kappa shape index (κ3) is 14.8. The highest BCUT2D eigenvalue weighted by Crippen LogP contribution is 2.14. The van der Waals surface area contributed by atoms with Crippen LogP contribution in [-0.2, 0) is 40.0 Å². The Morgan fingerprint density at radius 2 is 1.43 bits per heavy atom. The van der Waals surface area contributed by atoms with Crippen LogP contribution in [0.3, 0.4) is 0 Å². The van der Waals surface area contributed by atoms with Crippen LogP contribution >= 0.6 is 0 Å². The second kappa shape index (κ2) is 21.5. The summed E-state index contributed by atoms with van der Waals surface area (Å²) in [6.07, 6.45) is 1.79. The molecule has 1 aromatic carbocycles. The minimum absolute atomic E-state index is 0.0210. The number of carbonyl (C=O) groups is 7. The zero-order chi connectivity index (χ0) is 39.8. The summed E-state index contributed by atoms with van der Waals surface area (Å²) in [4.78, 5) is 96.9. The molecule has 1 aromatic rings. The van der Waals surface area contributed by atoms with Gasteiger partial charge in [0.1, 0.15) is 36.0 Å². The van der Waals surface area contributed by atoms with E-state index in [1.54, 1.807) is 39.8 Å². The summed E-state index contributed by atoms with van der Waals surface area (Å²) in [6.45, 7) is 9.32. The quantitative estimate of drug-likeness (QED) is 0.133. The van der Waals surface area contributed by atoms with Crippen molar-refractivity contribution in [3.8, 4) is 5.75 Å². The summed E-state index contributed by atoms with van der Waals surface area (Å²) in [5.74, 6) is -6.07. The van der Waals surface area contributed by atoms with Crippen molar-refractivity contribution in [1.82, 2.24) is 31.9 Å². The first kappa shape index (κ1) is 44.1. The highest BCUT2D eigenvalue weighted by molar-refractivity contribution is 5.97. The second-order valence-electron chi connectivity index (χ2n) is 14.1. The monoisotopic (exact) mass is 744 g/mol. The van der Waals surface area contributed by atoms with Crippen LogP contribution in [0.5, 0.6) is 5.75 Å². The first-order valence-electron chi connectivity index (χ1n) is 17.9. The van der Waals surface area contributed by atoms with Gasteiger partial charge in [-0.25, -0.2) is 0 Å². The summed E-state index contributed by atoms with van der Waals surface area (Å²) in [6, 6.07) is -0.841. The van der Waals surface area contributed by atoms with Gasteiger partial charge in [-0.05, 0) is 48.3 Å². The van der Waals surface area contributed by atoms with Crippen molar-refractivity contribution in [3.05, 3.63) is 29.8 Å². The normalized spacial score (nSPS) is 24.9. The number of aliphatic imine (C=N–C) groups is 1. The summed E-state index contributed by atoms with van der Waals surface area (Å²) < 4.78 is 0. The van der Waals surface area contributed by atoms with E-state index >= 15 is 0 Å². The van der Waals surface area contributed by atoms with E-state index in [-0.39, 0.29) is 30.9 Å². The maximum Gasteiger partial charge on any atom is 0.245 e. The van der Waals surface area contributed by atoms with Crippen LogP contribution in [0.1, 0.15) is 72.8 Å². The number of hydrogen-bond acceptors (Lipinski definition) is 10. The number of aliphatic hydroxyl groups is 1. The zero-order valence-corrected chi connectivity index (χ0v) is 31.3. The fourth-order valence-electron chi connectivity index (χ4n) is 5.50. The van der Waals surface area contributed by atoms with E-state index in [2.05, 4.69) is 36.9 Å². The molecule has 17 nitrogen and oxygen atoms in total. The lowest BCUT2D eigenvalue weighted by Crippen LogP contribution is -2.61. The number of nitrogens with one attached hydrogen (secondary N) is 6. The standard InChI is InChI=1S/C36H56N8O9/c1-7-21(6)31-36(53)42-27(18-45)34(51)43-30(20(4)5)35(52)40-23(14-19(2)3)16-38-26(15-22-8-10-24(46)11-9-22)32(49)39-17-29(48)41-25(33(50)44-31)12-13-28(37)47/h8-11,16,19-21,23,25-27,30-31,45-46H,7,12-15,17-18H2,1-6H3,(H2,37,47)(H,39,49)(H,40,52)(H,41,48)(H,42,53)(H,43,51)(H,44,50). The van der Waals surface area contributed by atoms with E-state index in [1.165, 1.54) is 18.3 Å². The lowest BCUT2D eigenvalue weighted by Gasteiger charge is -2.29. The molecule has 0 saturated carbocycles. The van der Waals surface area contributed by atoms with Crippen molar-refractivity contribution >= 4 is 47.6 Å².